The number of rotatable bonds is 15. The van der Waals surface area contributed by atoms with Gasteiger partial charge in [0.15, 0.2) is 15.8 Å². The van der Waals surface area contributed by atoms with Crippen molar-refractivity contribution in [2.24, 2.45) is 0 Å². The number of aromatic nitrogens is 2. The maximum absolute atomic E-state index is 13.8. The molecule has 13 heteroatoms. The third kappa shape index (κ3) is 8.08. The zero-order valence-electron chi connectivity index (χ0n) is 26.7. The largest absolute Gasteiger partial charge is 0.507 e. The highest BCUT2D eigenvalue weighted by Crippen LogP contribution is 2.46. The molecular formula is C35H35Cl2N3O6S2. The molecule has 1 aliphatic rings. The monoisotopic (exact) mass is 727 g/mol. The second kappa shape index (κ2) is 16.6. The van der Waals surface area contributed by atoms with Crippen molar-refractivity contribution in [1.82, 2.24) is 10.2 Å². The molecule has 1 unspecified atom stereocenters. The minimum absolute atomic E-state index is 0.0828. The van der Waals surface area contributed by atoms with Gasteiger partial charge in [-0.25, -0.2) is 0 Å². The van der Waals surface area contributed by atoms with E-state index in [1.165, 1.54) is 16.7 Å². The lowest BCUT2D eigenvalue weighted by atomic mass is 9.95. The zero-order valence-corrected chi connectivity index (χ0v) is 29.8. The molecule has 1 amide bonds. The highest BCUT2D eigenvalue weighted by Gasteiger charge is 2.48. The highest BCUT2D eigenvalue weighted by molar-refractivity contribution is 8.00. The third-order valence-electron chi connectivity index (χ3n) is 7.44. The SMILES string of the molecule is CCCCCOc1ccc(C2/C(=C(\O)c3ccc(OCC)cc3)C(=O)C(=O)N2c2nnc(SCc3ccc(Cl)cc3Cl)s2)cc1OCC. The van der Waals surface area contributed by atoms with Crippen LogP contribution in [0.4, 0.5) is 5.13 Å². The standard InChI is InChI=1S/C35H35Cl2N3O6S2/c1-4-7-8-17-46-27-16-12-22(18-28(27)45-6-3)30-29(31(41)21-10-14-25(15-11-21)44-5-2)32(42)33(43)40(30)34-38-39-35(48-34)47-20-23-9-13-24(36)19-26(23)37/h9-16,18-19,30,41H,4-8,17,20H2,1-3H3/b31-29+. The summed E-state index contributed by atoms with van der Waals surface area (Å²) < 4.78 is 18.1. The molecule has 0 bridgehead atoms. The van der Waals surface area contributed by atoms with Crippen molar-refractivity contribution in [1.29, 1.82) is 0 Å². The van der Waals surface area contributed by atoms with Crippen molar-refractivity contribution in [3.05, 3.63) is 93.0 Å². The van der Waals surface area contributed by atoms with Gasteiger partial charge < -0.3 is 19.3 Å². The molecule has 1 aliphatic heterocycles. The van der Waals surface area contributed by atoms with Gasteiger partial charge in [0.05, 0.1) is 31.4 Å². The molecule has 1 aromatic heterocycles. The van der Waals surface area contributed by atoms with Gasteiger partial charge in [-0.05, 0) is 79.9 Å². The Balaban J connectivity index is 1.54. The summed E-state index contributed by atoms with van der Waals surface area (Å²) in [5.74, 6) is 0.115. The molecule has 4 aromatic rings. The quantitative estimate of drug-likeness (QED) is 0.0320. The first-order chi connectivity index (χ1) is 23.2. The number of carbonyl (C=O) groups excluding carboxylic acids is 2. The molecule has 0 radical (unpaired) electrons. The Kier molecular flexibility index (Phi) is 12.3. The highest BCUT2D eigenvalue weighted by atomic mass is 35.5. The number of ketones is 1. The van der Waals surface area contributed by atoms with E-state index in [-0.39, 0.29) is 16.5 Å². The lowest BCUT2D eigenvalue weighted by Crippen LogP contribution is -2.29. The second-order valence-corrected chi connectivity index (χ2v) is 13.7. The molecule has 1 saturated heterocycles. The number of ether oxygens (including phenoxy) is 3. The molecule has 0 saturated carbocycles. The van der Waals surface area contributed by atoms with Gasteiger partial charge in [-0.1, -0.05) is 78.2 Å². The van der Waals surface area contributed by atoms with Crippen LogP contribution in [0.5, 0.6) is 17.2 Å². The van der Waals surface area contributed by atoms with E-state index in [1.807, 2.05) is 19.9 Å². The summed E-state index contributed by atoms with van der Waals surface area (Å²) in [6.45, 7) is 7.23. The first kappa shape index (κ1) is 35.5. The van der Waals surface area contributed by atoms with Gasteiger partial charge in [-0.15, -0.1) is 10.2 Å². The smallest absolute Gasteiger partial charge is 0.301 e. The van der Waals surface area contributed by atoms with E-state index in [4.69, 9.17) is 37.4 Å². The average molecular weight is 729 g/mol. The van der Waals surface area contributed by atoms with Crippen molar-refractivity contribution < 1.29 is 28.9 Å². The number of hydrogen-bond acceptors (Lipinski definition) is 10. The summed E-state index contributed by atoms with van der Waals surface area (Å²) in [7, 11) is 0. The predicted octanol–water partition coefficient (Wildman–Crippen LogP) is 9.13. The molecule has 5 rings (SSSR count). The van der Waals surface area contributed by atoms with Crippen molar-refractivity contribution in [3.8, 4) is 17.2 Å². The molecule has 1 fully saturated rings. The second-order valence-electron chi connectivity index (χ2n) is 10.7. The number of amides is 1. The fourth-order valence-corrected chi connectivity index (χ4v) is 7.56. The van der Waals surface area contributed by atoms with Crippen LogP contribution < -0.4 is 19.1 Å². The number of aliphatic hydroxyl groups excluding tert-OH is 1. The molecule has 9 nitrogen and oxygen atoms in total. The van der Waals surface area contributed by atoms with Gasteiger partial charge in [0.1, 0.15) is 11.5 Å². The fourth-order valence-electron chi connectivity index (χ4n) is 5.13. The van der Waals surface area contributed by atoms with Gasteiger partial charge in [0, 0.05) is 21.4 Å². The van der Waals surface area contributed by atoms with Gasteiger partial charge in [0.25, 0.3) is 5.78 Å². The lowest BCUT2D eigenvalue weighted by molar-refractivity contribution is -0.132. The van der Waals surface area contributed by atoms with E-state index in [2.05, 4.69) is 17.1 Å². The summed E-state index contributed by atoms with van der Waals surface area (Å²) in [5.41, 5.74) is 1.67. The summed E-state index contributed by atoms with van der Waals surface area (Å²) in [4.78, 5) is 28.8. The predicted molar refractivity (Wildman–Crippen MR) is 191 cm³/mol. The van der Waals surface area contributed by atoms with E-state index in [9.17, 15) is 14.7 Å². The van der Waals surface area contributed by atoms with Crippen LogP contribution >= 0.6 is 46.3 Å². The Morgan fingerprint density at radius 3 is 2.40 bits per heavy atom. The zero-order chi connectivity index (χ0) is 34.2. The number of thioether (sulfide) groups is 1. The summed E-state index contributed by atoms with van der Waals surface area (Å²) in [6, 6.07) is 16.2. The molecule has 1 N–H and O–H groups in total. The Hall–Kier alpha value is -3.77. The number of Topliss-reactive ketones (excluding diaryl/α,β-unsaturated/α-hetero) is 1. The topological polar surface area (TPSA) is 111 Å². The molecule has 3 aromatic carbocycles. The number of unbranched alkanes of at least 4 members (excludes halogenated alkanes) is 2. The summed E-state index contributed by atoms with van der Waals surface area (Å²) in [5, 5.41) is 21.5. The van der Waals surface area contributed by atoms with Crippen LogP contribution in [-0.4, -0.2) is 46.8 Å². The number of hydrogen-bond donors (Lipinski definition) is 1. The van der Waals surface area contributed by atoms with Gasteiger partial charge in [-0.2, -0.15) is 0 Å². The molecule has 48 heavy (non-hydrogen) atoms. The van der Waals surface area contributed by atoms with Crippen LogP contribution in [0.3, 0.4) is 0 Å². The number of halogens is 2. The van der Waals surface area contributed by atoms with Crippen molar-refractivity contribution in [2.45, 2.75) is 56.2 Å². The first-order valence-electron chi connectivity index (χ1n) is 15.6. The van der Waals surface area contributed by atoms with E-state index in [0.717, 1.165) is 36.2 Å². The Morgan fingerprint density at radius 1 is 0.917 bits per heavy atom. The van der Waals surface area contributed by atoms with E-state index in [1.54, 1.807) is 54.6 Å². The normalized spacial score (nSPS) is 15.6. The Labute approximate surface area is 297 Å². The average Bonchev–Trinajstić information content (AvgIpc) is 3.65. The minimum Gasteiger partial charge on any atom is -0.507 e. The van der Waals surface area contributed by atoms with Crippen LogP contribution in [-0.2, 0) is 15.3 Å². The number of nitrogens with zero attached hydrogens (tertiary/aromatic N) is 3. The first-order valence-corrected chi connectivity index (χ1v) is 18.1. The number of aliphatic hydroxyl groups is 1. The Morgan fingerprint density at radius 2 is 1.69 bits per heavy atom. The van der Waals surface area contributed by atoms with Crippen molar-refractivity contribution in [3.63, 3.8) is 0 Å². The van der Waals surface area contributed by atoms with Crippen LogP contribution in [0.15, 0.2) is 70.6 Å². The molecule has 0 aliphatic carbocycles. The molecule has 252 valence electrons. The van der Waals surface area contributed by atoms with Crippen LogP contribution in [0.1, 0.15) is 62.8 Å². The summed E-state index contributed by atoms with van der Waals surface area (Å²) >= 11 is 15.0. The fraction of sp³-hybridized carbons (Fsp3) is 0.314. The van der Waals surface area contributed by atoms with Crippen LogP contribution in [0, 0.1) is 0 Å². The molecule has 1 atom stereocenters. The Bertz CT molecular complexity index is 1800. The van der Waals surface area contributed by atoms with E-state index < -0.39 is 17.7 Å². The molecule has 2 heterocycles. The number of anilines is 1. The van der Waals surface area contributed by atoms with Crippen LogP contribution in [0.25, 0.3) is 5.76 Å². The lowest BCUT2D eigenvalue weighted by Gasteiger charge is -2.23. The third-order valence-corrected chi connectivity index (χ3v) is 10.1. The number of carbonyl (C=O) groups is 2. The minimum atomic E-state index is -1.03. The van der Waals surface area contributed by atoms with Gasteiger partial charge in [-0.3, -0.25) is 14.5 Å². The van der Waals surface area contributed by atoms with Crippen molar-refractivity contribution >= 4 is 68.9 Å². The van der Waals surface area contributed by atoms with Gasteiger partial charge >= 0.3 is 5.91 Å². The van der Waals surface area contributed by atoms with Crippen LogP contribution in [0.2, 0.25) is 10.0 Å². The number of benzene rings is 3. The van der Waals surface area contributed by atoms with E-state index >= 15 is 0 Å². The molecule has 0 spiro atoms. The van der Waals surface area contributed by atoms with Crippen molar-refractivity contribution in [2.75, 3.05) is 24.7 Å². The maximum atomic E-state index is 13.8. The van der Waals surface area contributed by atoms with E-state index in [0.29, 0.717) is 68.3 Å². The molecular weight excluding hydrogens is 693 g/mol. The summed E-state index contributed by atoms with van der Waals surface area (Å²) in [6.07, 6.45) is 3.00. The maximum Gasteiger partial charge on any atom is 0.301 e. The van der Waals surface area contributed by atoms with Gasteiger partial charge in [0.2, 0.25) is 5.13 Å².